The second-order valence-electron chi connectivity index (χ2n) is 6.64. The van der Waals surface area contributed by atoms with E-state index in [-0.39, 0.29) is 18.4 Å². The van der Waals surface area contributed by atoms with Gasteiger partial charge in [-0.3, -0.25) is 14.5 Å². The first-order valence-electron chi connectivity index (χ1n) is 8.83. The fourth-order valence-electron chi connectivity index (χ4n) is 3.28. The molecule has 1 aliphatic heterocycles. The van der Waals surface area contributed by atoms with Crippen molar-refractivity contribution in [1.29, 1.82) is 0 Å². The van der Waals surface area contributed by atoms with Crippen molar-refractivity contribution in [2.75, 3.05) is 18.0 Å². The number of fused-ring (bicyclic) bond motifs is 1. The zero-order valence-electron chi connectivity index (χ0n) is 15.3. The topological polar surface area (TPSA) is 69.7 Å². The predicted octanol–water partition coefficient (Wildman–Crippen LogP) is 2.91. The van der Waals surface area contributed by atoms with E-state index in [2.05, 4.69) is 5.32 Å². The number of nitrogens with one attached hydrogen (secondary N) is 1. The lowest BCUT2D eigenvalue weighted by Crippen LogP contribution is -2.45. The molecule has 0 spiro atoms. The molecule has 1 heterocycles. The molecule has 6 heteroatoms. The molecule has 1 fully saturated rings. The highest BCUT2D eigenvalue weighted by Crippen LogP contribution is 2.27. The molecule has 1 saturated heterocycles. The number of hydrogen-bond donors (Lipinski definition) is 1. The van der Waals surface area contributed by atoms with E-state index in [1.54, 1.807) is 11.8 Å². The van der Waals surface area contributed by atoms with Crippen molar-refractivity contribution in [3.05, 3.63) is 42.5 Å². The number of amides is 4. The van der Waals surface area contributed by atoms with Gasteiger partial charge < -0.3 is 10.2 Å². The van der Waals surface area contributed by atoms with E-state index in [0.717, 1.165) is 21.4 Å². The lowest BCUT2D eigenvalue weighted by Gasteiger charge is -2.25. The Kier molecular flexibility index (Phi) is 4.68. The first-order chi connectivity index (χ1) is 12.4. The van der Waals surface area contributed by atoms with Crippen LogP contribution in [0.4, 0.5) is 10.5 Å². The fraction of sp³-hybridized carbons (Fsp3) is 0.350. The van der Waals surface area contributed by atoms with E-state index in [0.29, 0.717) is 13.0 Å². The third kappa shape index (κ3) is 2.92. The second kappa shape index (κ2) is 6.78. The Hall–Kier alpha value is -2.89. The fourth-order valence-corrected chi connectivity index (χ4v) is 3.28. The first kappa shape index (κ1) is 17.9. The van der Waals surface area contributed by atoms with Crippen LogP contribution in [-0.4, -0.2) is 41.4 Å². The smallest absolute Gasteiger partial charge is 0.323 e. The van der Waals surface area contributed by atoms with E-state index in [4.69, 9.17) is 0 Å². The highest BCUT2D eigenvalue weighted by atomic mass is 16.2. The molecule has 0 aromatic heterocycles. The van der Waals surface area contributed by atoms with Gasteiger partial charge in [0.05, 0.1) is 5.69 Å². The van der Waals surface area contributed by atoms with Gasteiger partial charge in [0.1, 0.15) is 12.1 Å². The number of likely N-dealkylation sites (N-methyl/N-ethyl adjacent to an activating group) is 1. The number of carbonyl (C=O) groups is 3. The lowest BCUT2D eigenvalue weighted by atomic mass is 9.99. The summed E-state index contributed by atoms with van der Waals surface area (Å²) in [6.45, 7) is 5.57. The average Bonchev–Trinajstić information content (AvgIpc) is 2.86. The lowest BCUT2D eigenvalue weighted by molar-refractivity contribution is -0.134. The van der Waals surface area contributed by atoms with Crippen LogP contribution in [0.5, 0.6) is 0 Å². The molecule has 2 aromatic carbocycles. The van der Waals surface area contributed by atoms with Gasteiger partial charge in [0.15, 0.2) is 0 Å². The number of nitrogens with zero attached hydrogens (tertiary/aromatic N) is 2. The Bertz CT molecular complexity index is 874. The molecule has 1 N–H and O–H groups in total. The maximum atomic E-state index is 12.9. The zero-order chi connectivity index (χ0) is 18.9. The summed E-state index contributed by atoms with van der Waals surface area (Å²) in [7, 11) is 0. The summed E-state index contributed by atoms with van der Waals surface area (Å²) in [5.41, 5.74) is -0.158. The van der Waals surface area contributed by atoms with Gasteiger partial charge in [0.25, 0.3) is 5.91 Å². The molecule has 0 aliphatic carbocycles. The quantitative estimate of drug-likeness (QED) is 0.840. The van der Waals surface area contributed by atoms with E-state index in [9.17, 15) is 14.4 Å². The zero-order valence-corrected chi connectivity index (χ0v) is 15.3. The Morgan fingerprint density at radius 2 is 1.81 bits per heavy atom. The predicted molar refractivity (Wildman–Crippen MR) is 101 cm³/mol. The van der Waals surface area contributed by atoms with Gasteiger partial charge in [0, 0.05) is 11.9 Å². The van der Waals surface area contributed by atoms with Crippen LogP contribution >= 0.6 is 0 Å². The molecule has 0 unspecified atom stereocenters. The summed E-state index contributed by atoms with van der Waals surface area (Å²) < 4.78 is 0. The highest BCUT2D eigenvalue weighted by molar-refractivity contribution is 6.11. The van der Waals surface area contributed by atoms with Crippen molar-refractivity contribution in [3.8, 4) is 0 Å². The van der Waals surface area contributed by atoms with Gasteiger partial charge in [-0.05, 0) is 31.7 Å². The van der Waals surface area contributed by atoms with E-state index in [1.807, 2.05) is 56.3 Å². The van der Waals surface area contributed by atoms with Gasteiger partial charge in [-0.15, -0.1) is 0 Å². The van der Waals surface area contributed by atoms with E-state index in [1.165, 1.54) is 0 Å². The summed E-state index contributed by atoms with van der Waals surface area (Å²) in [5, 5.41) is 4.67. The van der Waals surface area contributed by atoms with Crippen LogP contribution in [0.2, 0.25) is 0 Å². The minimum Gasteiger partial charge on any atom is -0.323 e. The van der Waals surface area contributed by atoms with Crippen molar-refractivity contribution >= 4 is 34.3 Å². The van der Waals surface area contributed by atoms with Crippen molar-refractivity contribution in [2.45, 2.75) is 32.7 Å². The Morgan fingerprint density at radius 3 is 2.46 bits per heavy atom. The number of carbonyl (C=O) groups excluding carboxylic acids is 3. The van der Waals surface area contributed by atoms with Crippen molar-refractivity contribution in [3.63, 3.8) is 0 Å². The number of benzene rings is 2. The second-order valence-corrected chi connectivity index (χ2v) is 6.64. The molecule has 1 atom stereocenters. The van der Waals surface area contributed by atoms with Gasteiger partial charge in [-0.25, -0.2) is 4.79 Å². The van der Waals surface area contributed by atoms with Crippen LogP contribution in [0, 0.1) is 0 Å². The average molecular weight is 353 g/mol. The molecule has 2 aromatic rings. The van der Waals surface area contributed by atoms with Gasteiger partial charge in [0.2, 0.25) is 5.91 Å². The highest BCUT2D eigenvalue weighted by Gasteiger charge is 2.47. The van der Waals surface area contributed by atoms with Crippen LogP contribution < -0.4 is 10.2 Å². The third-order valence-corrected chi connectivity index (χ3v) is 5.02. The summed E-state index contributed by atoms with van der Waals surface area (Å²) in [6, 6.07) is 13.1. The van der Waals surface area contributed by atoms with Crippen molar-refractivity contribution in [1.82, 2.24) is 10.2 Å². The molecule has 0 bridgehead atoms. The maximum absolute atomic E-state index is 12.9. The van der Waals surface area contributed by atoms with Gasteiger partial charge >= 0.3 is 6.03 Å². The van der Waals surface area contributed by atoms with Crippen molar-refractivity contribution < 1.29 is 14.4 Å². The maximum Gasteiger partial charge on any atom is 0.325 e. The van der Waals surface area contributed by atoms with Gasteiger partial charge in [-0.2, -0.15) is 0 Å². The largest absolute Gasteiger partial charge is 0.325 e. The minimum absolute atomic E-state index is 0.267. The molecular formula is C20H23N3O3. The normalized spacial score (nSPS) is 19.7. The molecular weight excluding hydrogens is 330 g/mol. The molecule has 0 radical (unpaired) electrons. The SMILES string of the molecule is CCN(C(=O)CN1C(=O)N[C@](C)(CC)C1=O)c1cccc2ccccc12. The van der Waals surface area contributed by atoms with Crippen LogP contribution in [0.3, 0.4) is 0 Å². The number of imide groups is 1. The Balaban J connectivity index is 1.88. The Labute approximate surface area is 152 Å². The number of hydrogen-bond acceptors (Lipinski definition) is 3. The Morgan fingerprint density at radius 1 is 1.12 bits per heavy atom. The molecule has 0 saturated carbocycles. The molecule has 26 heavy (non-hydrogen) atoms. The standard InChI is InChI=1S/C20H23N3O3/c1-4-20(3)18(25)23(19(26)21-20)13-17(24)22(5-2)16-12-8-10-14-9-6-7-11-15(14)16/h6-12H,4-5,13H2,1-3H3,(H,21,26)/t20-/m1/s1. The van der Waals surface area contributed by atoms with Crippen LogP contribution in [0.1, 0.15) is 27.2 Å². The number of urea groups is 1. The number of anilines is 1. The van der Waals surface area contributed by atoms with Crippen molar-refractivity contribution in [2.24, 2.45) is 0 Å². The third-order valence-electron chi connectivity index (χ3n) is 5.02. The molecule has 1 aliphatic rings. The van der Waals surface area contributed by atoms with Gasteiger partial charge in [-0.1, -0.05) is 43.3 Å². The summed E-state index contributed by atoms with van der Waals surface area (Å²) in [5.74, 6) is -0.639. The monoisotopic (exact) mass is 353 g/mol. The molecule has 6 nitrogen and oxygen atoms in total. The first-order valence-corrected chi connectivity index (χ1v) is 8.83. The summed E-state index contributed by atoms with van der Waals surface area (Å²) >= 11 is 0. The summed E-state index contributed by atoms with van der Waals surface area (Å²) in [4.78, 5) is 40.3. The van der Waals surface area contributed by atoms with E-state index >= 15 is 0 Å². The molecule has 136 valence electrons. The van der Waals surface area contributed by atoms with Crippen LogP contribution in [0.25, 0.3) is 10.8 Å². The summed E-state index contributed by atoms with van der Waals surface area (Å²) in [6.07, 6.45) is 0.475. The van der Waals surface area contributed by atoms with E-state index < -0.39 is 11.6 Å². The minimum atomic E-state index is -0.937. The number of rotatable bonds is 5. The van der Waals surface area contributed by atoms with Crippen LogP contribution in [-0.2, 0) is 9.59 Å². The molecule has 4 amide bonds. The molecule has 3 rings (SSSR count). The van der Waals surface area contributed by atoms with Crippen LogP contribution in [0.15, 0.2) is 42.5 Å².